The van der Waals surface area contributed by atoms with Gasteiger partial charge in [0.2, 0.25) is 0 Å². The second-order valence-electron chi connectivity index (χ2n) is 5.36. The summed E-state index contributed by atoms with van der Waals surface area (Å²) in [6.45, 7) is 13.5. The van der Waals surface area contributed by atoms with Crippen LogP contribution in [0.25, 0.3) is 0 Å². The second kappa shape index (κ2) is 7.24. The molecule has 1 aromatic carbocycles. The van der Waals surface area contributed by atoms with Crippen LogP contribution < -0.4 is 4.74 Å². The topological polar surface area (TPSA) is 9.23 Å². The molecule has 104 valence electrons. The van der Waals surface area contributed by atoms with Crippen molar-refractivity contribution in [3.8, 4) is 17.6 Å². The fourth-order valence-electron chi connectivity index (χ4n) is 2.23. The van der Waals surface area contributed by atoms with E-state index in [1.807, 2.05) is 13.8 Å². The van der Waals surface area contributed by atoms with E-state index in [9.17, 15) is 0 Å². The molecule has 0 saturated carbocycles. The predicted octanol–water partition coefficient (Wildman–Crippen LogP) is 4.97. The number of hydrogen-bond acceptors (Lipinski definition) is 1. The molecule has 0 aromatic heterocycles. The van der Waals surface area contributed by atoms with Gasteiger partial charge in [0, 0.05) is 5.92 Å². The molecule has 1 aromatic rings. The maximum Gasteiger partial charge on any atom is 0.122 e. The summed E-state index contributed by atoms with van der Waals surface area (Å²) in [4.78, 5) is 0. The molecule has 0 amide bonds. The minimum absolute atomic E-state index is 0.378. The fourth-order valence-corrected chi connectivity index (χ4v) is 2.23. The Hall–Kier alpha value is -1.42. The normalized spacial score (nSPS) is 13.6. The van der Waals surface area contributed by atoms with Gasteiger partial charge < -0.3 is 4.74 Å². The third-order valence-electron chi connectivity index (χ3n) is 3.60. The summed E-state index contributed by atoms with van der Waals surface area (Å²) in [5.41, 5.74) is 2.64. The molecule has 1 nitrogen and oxygen atoms in total. The summed E-state index contributed by atoms with van der Waals surface area (Å²) < 4.78 is 5.71. The van der Waals surface area contributed by atoms with Crippen molar-refractivity contribution in [1.82, 2.24) is 0 Å². The molecule has 0 bridgehead atoms. The molecule has 0 spiro atoms. The first-order valence-electron chi connectivity index (χ1n) is 7.20. The Kier molecular flexibility index (Phi) is 5.96. The van der Waals surface area contributed by atoms with Gasteiger partial charge in [-0.3, -0.25) is 0 Å². The van der Waals surface area contributed by atoms with Gasteiger partial charge >= 0.3 is 0 Å². The van der Waals surface area contributed by atoms with E-state index >= 15 is 0 Å². The van der Waals surface area contributed by atoms with Crippen molar-refractivity contribution in [2.75, 3.05) is 6.61 Å². The average Bonchev–Trinajstić information content (AvgIpc) is 2.38. The number of rotatable bonds is 5. The SMILES string of the molecule is CC#CC(C)C(C)c1ccc(OCC)c(C(C)C)c1. The van der Waals surface area contributed by atoms with Gasteiger partial charge in [0.15, 0.2) is 0 Å². The van der Waals surface area contributed by atoms with Crippen molar-refractivity contribution < 1.29 is 4.74 Å². The molecule has 1 heteroatoms. The lowest BCUT2D eigenvalue weighted by molar-refractivity contribution is 0.335. The first kappa shape index (κ1) is 15.6. The van der Waals surface area contributed by atoms with Crippen molar-refractivity contribution in [1.29, 1.82) is 0 Å². The molecule has 0 saturated heterocycles. The standard InChI is InChI=1S/C18H26O/c1-7-9-14(5)15(6)16-10-11-18(19-8-2)17(12-16)13(3)4/h10-15H,8H2,1-6H3. The molecule has 0 aliphatic carbocycles. The Morgan fingerprint density at radius 3 is 2.37 bits per heavy atom. The number of hydrogen-bond donors (Lipinski definition) is 0. The highest BCUT2D eigenvalue weighted by molar-refractivity contribution is 5.41. The van der Waals surface area contributed by atoms with Gasteiger partial charge in [0.05, 0.1) is 6.61 Å². The van der Waals surface area contributed by atoms with Crippen LogP contribution in [-0.4, -0.2) is 6.61 Å². The zero-order chi connectivity index (χ0) is 14.4. The first-order valence-corrected chi connectivity index (χ1v) is 7.20. The second-order valence-corrected chi connectivity index (χ2v) is 5.36. The van der Waals surface area contributed by atoms with Crippen LogP contribution in [0.1, 0.15) is 64.5 Å². The molecule has 2 unspecified atom stereocenters. The maximum atomic E-state index is 5.71. The first-order chi connectivity index (χ1) is 9.01. The van der Waals surface area contributed by atoms with Crippen LogP contribution in [0, 0.1) is 17.8 Å². The van der Waals surface area contributed by atoms with E-state index in [2.05, 4.69) is 57.7 Å². The van der Waals surface area contributed by atoms with Crippen molar-refractivity contribution >= 4 is 0 Å². The molecule has 0 N–H and O–H groups in total. The van der Waals surface area contributed by atoms with E-state index in [1.165, 1.54) is 11.1 Å². The van der Waals surface area contributed by atoms with E-state index in [0.717, 1.165) is 5.75 Å². The number of ether oxygens (including phenoxy) is 1. The summed E-state index contributed by atoms with van der Waals surface area (Å²) in [5, 5.41) is 0. The monoisotopic (exact) mass is 258 g/mol. The van der Waals surface area contributed by atoms with Crippen LogP contribution in [0.2, 0.25) is 0 Å². The van der Waals surface area contributed by atoms with Crippen LogP contribution in [-0.2, 0) is 0 Å². The van der Waals surface area contributed by atoms with Gasteiger partial charge in [-0.05, 0) is 42.9 Å². The summed E-state index contributed by atoms with van der Waals surface area (Å²) in [6.07, 6.45) is 0. The predicted molar refractivity (Wildman–Crippen MR) is 82.7 cm³/mol. The van der Waals surface area contributed by atoms with Gasteiger partial charge in [-0.25, -0.2) is 0 Å². The highest BCUT2D eigenvalue weighted by atomic mass is 16.5. The maximum absolute atomic E-state index is 5.71. The van der Waals surface area contributed by atoms with Crippen LogP contribution in [0.15, 0.2) is 18.2 Å². The largest absolute Gasteiger partial charge is 0.494 e. The molecular formula is C18H26O. The third kappa shape index (κ3) is 4.03. The lowest BCUT2D eigenvalue weighted by Gasteiger charge is -2.20. The molecule has 0 heterocycles. The van der Waals surface area contributed by atoms with Gasteiger partial charge in [0.1, 0.15) is 5.75 Å². The molecule has 19 heavy (non-hydrogen) atoms. The molecule has 0 fully saturated rings. The Morgan fingerprint density at radius 1 is 1.16 bits per heavy atom. The van der Waals surface area contributed by atoms with Crippen molar-refractivity contribution in [2.45, 2.75) is 53.4 Å². The summed E-state index contributed by atoms with van der Waals surface area (Å²) in [6, 6.07) is 6.57. The van der Waals surface area contributed by atoms with Crippen LogP contribution in [0.3, 0.4) is 0 Å². The van der Waals surface area contributed by atoms with Crippen LogP contribution in [0.5, 0.6) is 5.75 Å². The third-order valence-corrected chi connectivity index (χ3v) is 3.60. The fraction of sp³-hybridized carbons (Fsp3) is 0.556. The zero-order valence-corrected chi connectivity index (χ0v) is 13.1. The average molecular weight is 258 g/mol. The lowest BCUT2D eigenvalue weighted by atomic mass is 9.87. The van der Waals surface area contributed by atoms with Gasteiger partial charge in [0.25, 0.3) is 0 Å². The molecular weight excluding hydrogens is 232 g/mol. The Balaban J connectivity index is 3.09. The smallest absolute Gasteiger partial charge is 0.122 e. The molecule has 0 aliphatic heterocycles. The molecule has 1 rings (SSSR count). The molecule has 0 aliphatic rings. The van der Waals surface area contributed by atoms with E-state index in [1.54, 1.807) is 0 Å². The summed E-state index contributed by atoms with van der Waals surface area (Å²) in [7, 11) is 0. The minimum atomic E-state index is 0.378. The quantitative estimate of drug-likeness (QED) is 0.677. The van der Waals surface area contributed by atoms with Gasteiger partial charge in [-0.1, -0.05) is 45.7 Å². The van der Waals surface area contributed by atoms with Crippen molar-refractivity contribution in [3.05, 3.63) is 29.3 Å². The lowest BCUT2D eigenvalue weighted by Crippen LogP contribution is -2.06. The van der Waals surface area contributed by atoms with E-state index in [4.69, 9.17) is 4.74 Å². The van der Waals surface area contributed by atoms with Crippen molar-refractivity contribution in [2.24, 2.45) is 5.92 Å². The van der Waals surface area contributed by atoms with E-state index < -0.39 is 0 Å². The summed E-state index contributed by atoms with van der Waals surface area (Å²) in [5.74, 6) is 8.58. The van der Waals surface area contributed by atoms with Crippen LogP contribution in [0.4, 0.5) is 0 Å². The van der Waals surface area contributed by atoms with Gasteiger partial charge in [-0.2, -0.15) is 0 Å². The highest BCUT2D eigenvalue weighted by Crippen LogP contribution is 2.32. The van der Waals surface area contributed by atoms with Crippen LogP contribution >= 0.6 is 0 Å². The van der Waals surface area contributed by atoms with E-state index in [-0.39, 0.29) is 0 Å². The van der Waals surface area contributed by atoms with Crippen molar-refractivity contribution in [3.63, 3.8) is 0 Å². The minimum Gasteiger partial charge on any atom is -0.494 e. The van der Waals surface area contributed by atoms with Gasteiger partial charge in [-0.15, -0.1) is 5.92 Å². The highest BCUT2D eigenvalue weighted by Gasteiger charge is 2.15. The Morgan fingerprint density at radius 2 is 1.84 bits per heavy atom. The summed E-state index contributed by atoms with van der Waals surface area (Å²) >= 11 is 0. The Labute approximate surface area is 118 Å². The van der Waals surface area contributed by atoms with E-state index in [0.29, 0.717) is 24.4 Å². The number of benzene rings is 1. The zero-order valence-electron chi connectivity index (χ0n) is 13.1. The Bertz CT molecular complexity index is 462. The molecule has 0 radical (unpaired) electrons. The molecule has 2 atom stereocenters.